The summed E-state index contributed by atoms with van der Waals surface area (Å²) < 4.78 is 36.3. The molecular weight excluding hydrogens is 318 g/mol. The van der Waals surface area contributed by atoms with E-state index in [0.29, 0.717) is 4.68 Å². The van der Waals surface area contributed by atoms with E-state index in [0.717, 1.165) is 6.07 Å². The zero-order chi connectivity index (χ0) is 10.9. The number of alkyl halides is 3. The maximum Gasteiger partial charge on any atom is 0.410 e. The fraction of sp³-hybridized carbons (Fsp3) is 0.400. The predicted molar refractivity (Wildman–Crippen MR) is 47.7 cm³/mol. The number of nitrogens with zero attached hydrogens (tertiary/aromatic N) is 3. The molecule has 0 bridgehead atoms. The van der Waals surface area contributed by atoms with E-state index in [9.17, 15) is 23.3 Å². The molecule has 0 fully saturated rings. The highest BCUT2D eigenvalue weighted by Gasteiger charge is 2.32. The smallest absolute Gasteiger partial charge is 0.358 e. The second-order valence-corrected chi connectivity index (χ2v) is 3.46. The van der Waals surface area contributed by atoms with Crippen LogP contribution in [0.2, 0.25) is 0 Å². The Kier molecular flexibility index (Phi) is 2.97. The van der Waals surface area contributed by atoms with Crippen molar-refractivity contribution in [3.05, 3.63) is 19.9 Å². The van der Waals surface area contributed by atoms with Crippen LogP contribution in [0.25, 0.3) is 0 Å². The van der Waals surface area contributed by atoms with Crippen LogP contribution in [0.5, 0.6) is 0 Å². The molecule has 0 aliphatic carbocycles. The van der Waals surface area contributed by atoms with Crippen LogP contribution in [0.15, 0.2) is 6.07 Å². The van der Waals surface area contributed by atoms with Gasteiger partial charge in [-0.2, -0.15) is 17.9 Å². The molecule has 0 N–H and O–H groups in total. The first-order valence-electron chi connectivity index (χ1n) is 3.24. The summed E-state index contributed by atoms with van der Waals surface area (Å²) in [4.78, 5) is 9.34. The summed E-state index contributed by atoms with van der Waals surface area (Å²) in [6.45, 7) is -1.32. The second-order valence-electron chi connectivity index (χ2n) is 2.36. The van der Waals surface area contributed by atoms with E-state index in [4.69, 9.17) is 0 Å². The summed E-state index contributed by atoms with van der Waals surface area (Å²) in [6, 6.07) is 0.978. The minimum atomic E-state index is -4.43. The van der Waals surface area contributed by atoms with Gasteiger partial charge in [-0.15, -0.1) is 0 Å². The lowest BCUT2D eigenvalue weighted by atomic mass is 10.6. The van der Waals surface area contributed by atoms with Gasteiger partial charge in [-0.3, -0.25) is 0 Å². The van der Waals surface area contributed by atoms with Gasteiger partial charge in [-0.25, -0.2) is 0 Å². The maximum absolute atomic E-state index is 11.9. The van der Waals surface area contributed by atoms with Gasteiger partial charge in [0.15, 0.2) is 6.54 Å². The second kappa shape index (κ2) is 3.71. The minimum absolute atomic E-state index is 0.0756. The topological polar surface area (TPSA) is 61.0 Å². The number of halogens is 4. The molecule has 5 nitrogen and oxygen atoms in total. The van der Waals surface area contributed by atoms with Gasteiger partial charge in [0.1, 0.15) is 3.70 Å². The van der Waals surface area contributed by atoms with Crippen LogP contribution in [0.3, 0.4) is 0 Å². The molecule has 78 valence electrons. The summed E-state index contributed by atoms with van der Waals surface area (Å²) in [7, 11) is 0. The molecule has 0 unspecified atom stereocenters. The van der Waals surface area contributed by atoms with Crippen molar-refractivity contribution in [3.8, 4) is 0 Å². The number of hydrogen-bond acceptors (Lipinski definition) is 3. The fourth-order valence-electron chi connectivity index (χ4n) is 0.751. The molecule has 1 aromatic rings. The number of aromatic nitrogens is 2. The molecule has 1 rings (SSSR count). The predicted octanol–water partition coefficient (Wildman–Crippen LogP) is 1.96. The molecule has 0 aromatic carbocycles. The van der Waals surface area contributed by atoms with Crippen LogP contribution in [-0.4, -0.2) is 20.9 Å². The van der Waals surface area contributed by atoms with E-state index in [1.165, 1.54) is 0 Å². The Morgan fingerprint density at radius 1 is 1.64 bits per heavy atom. The SMILES string of the molecule is O=[N+]([O-])c1cc(I)n(CC(F)(F)F)n1. The monoisotopic (exact) mass is 321 g/mol. The Bertz CT molecular complexity index is 362. The molecule has 0 radical (unpaired) electrons. The van der Waals surface area contributed by atoms with Crippen LogP contribution in [0, 0.1) is 13.8 Å². The van der Waals surface area contributed by atoms with Gasteiger partial charge in [-0.05, 0) is 27.5 Å². The summed E-state index contributed by atoms with van der Waals surface area (Å²) in [5, 5.41) is 13.4. The first kappa shape index (κ1) is 11.2. The average molecular weight is 321 g/mol. The Labute approximate surface area is 89.2 Å². The highest BCUT2D eigenvalue weighted by molar-refractivity contribution is 14.1. The van der Waals surface area contributed by atoms with Crippen molar-refractivity contribution in [2.24, 2.45) is 0 Å². The maximum atomic E-state index is 11.9. The van der Waals surface area contributed by atoms with Crippen molar-refractivity contribution in [3.63, 3.8) is 0 Å². The summed E-state index contributed by atoms with van der Waals surface area (Å²) in [5.41, 5.74) is 0. The van der Waals surface area contributed by atoms with E-state index in [-0.39, 0.29) is 3.70 Å². The Morgan fingerprint density at radius 3 is 2.57 bits per heavy atom. The van der Waals surface area contributed by atoms with Crippen molar-refractivity contribution in [1.29, 1.82) is 0 Å². The molecule has 9 heteroatoms. The van der Waals surface area contributed by atoms with Crippen molar-refractivity contribution >= 4 is 28.4 Å². The molecule has 0 aliphatic rings. The number of rotatable bonds is 2. The third-order valence-electron chi connectivity index (χ3n) is 1.23. The first-order chi connectivity index (χ1) is 6.29. The van der Waals surface area contributed by atoms with Crippen LogP contribution in [0.1, 0.15) is 0 Å². The lowest BCUT2D eigenvalue weighted by molar-refractivity contribution is -0.389. The molecule has 0 atom stereocenters. The standard InChI is InChI=1S/C5H3F3IN3O2/c6-5(7,8)2-11-3(9)1-4(10-11)12(13)14/h1H,2H2. The van der Waals surface area contributed by atoms with Crippen molar-refractivity contribution < 1.29 is 18.1 Å². The average Bonchev–Trinajstić information content (AvgIpc) is 2.29. The van der Waals surface area contributed by atoms with E-state index >= 15 is 0 Å². The molecule has 0 spiro atoms. The number of nitro groups is 1. The quantitative estimate of drug-likeness (QED) is 0.475. The van der Waals surface area contributed by atoms with E-state index in [2.05, 4.69) is 5.10 Å². The Morgan fingerprint density at radius 2 is 2.21 bits per heavy atom. The Hall–Kier alpha value is -0.870. The molecule has 0 amide bonds. The van der Waals surface area contributed by atoms with Crippen LogP contribution in [-0.2, 0) is 6.54 Å². The third kappa shape index (κ3) is 2.82. The molecule has 0 saturated carbocycles. The number of hydrogen-bond donors (Lipinski definition) is 0. The molecular formula is C5H3F3IN3O2. The summed E-state index contributed by atoms with van der Waals surface area (Å²) >= 11 is 1.55. The lowest BCUT2D eigenvalue weighted by Crippen LogP contribution is -2.19. The highest BCUT2D eigenvalue weighted by Crippen LogP contribution is 2.21. The molecule has 14 heavy (non-hydrogen) atoms. The van der Waals surface area contributed by atoms with Crippen LogP contribution < -0.4 is 0 Å². The highest BCUT2D eigenvalue weighted by atomic mass is 127. The zero-order valence-corrected chi connectivity index (χ0v) is 8.61. The molecule has 0 saturated heterocycles. The molecule has 1 aromatic heterocycles. The van der Waals surface area contributed by atoms with Crippen molar-refractivity contribution in [2.45, 2.75) is 12.7 Å². The van der Waals surface area contributed by atoms with Crippen LogP contribution in [0.4, 0.5) is 19.0 Å². The summed E-state index contributed by atoms with van der Waals surface area (Å²) in [6.07, 6.45) is -4.43. The van der Waals surface area contributed by atoms with Crippen molar-refractivity contribution in [2.75, 3.05) is 0 Å². The van der Waals surface area contributed by atoms with Gasteiger partial charge in [0.25, 0.3) is 0 Å². The van der Waals surface area contributed by atoms with Gasteiger partial charge >= 0.3 is 12.0 Å². The van der Waals surface area contributed by atoms with Gasteiger partial charge in [0.05, 0.1) is 11.2 Å². The van der Waals surface area contributed by atoms with Gasteiger partial charge in [0, 0.05) is 0 Å². The van der Waals surface area contributed by atoms with E-state index in [1.807, 2.05) is 0 Å². The van der Waals surface area contributed by atoms with Crippen LogP contribution >= 0.6 is 22.6 Å². The first-order valence-corrected chi connectivity index (χ1v) is 4.32. The minimum Gasteiger partial charge on any atom is -0.358 e. The Balaban J connectivity index is 2.94. The largest absolute Gasteiger partial charge is 0.410 e. The van der Waals surface area contributed by atoms with E-state index in [1.54, 1.807) is 22.6 Å². The van der Waals surface area contributed by atoms with Crippen molar-refractivity contribution in [1.82, 2.24) is 9.78 Å². The lowest BCUT2D eigenvalue weighted by Gasteiger charge is -2.03. The normalized spacial score (nSPS) is 11.7. The summed E-state index contributed by atoms with van der Waals surface area (Å²) in [5.74, 6) is -0.585. The van der Waals surface area contributed by atoms with E-state index < -0.39 is 23.5 Å². The van der Waals surface area contributed by atoms with Gasteiger partial charge in [0.2, 0.25) is 0 Å². The third-order valence-corrected chi connectivity index (χ3v) is 2.10. The fourth-order valence-corrected chi connectivity index (χ4v) is 1.31. The zero-order valence-electron chi connectivity index (χ0n) is 6.45. The molecule has 0 aliphatic heterocycles. The molecule has 1 heterocycles. The van der Waals surface area contributed by atoms with Gasteiger partial charge < -0.3 is 10.1 Å². The van der Waals surface area contributed by atoms with Gasteiger partial charge in [-0.1, -0.05) is 0 Å².